The van der Waals surface area contributed by atoms with Gasteiger partial charge in [0.15, 0.2) is 5.58 Å². The Balaban J connectivity index is 2.15. The summed E-state index contributed by atoms with van der Waals surface area (Å²) in [4.78, 5) is 13.7. The highest BCUT2D eigenvalue weighted by atomic mass is 16.9. The number of fused-ring (bicyclic) bond motifs is 1. The molecule has 0 aliphatic carbocycles. The monoisotopic (exact) mass is 267 g/mol. The zero-order chi connectivity index (χ0) is 13.9. The van der Waals surface area contributed by atoms with Crippen LogP contribution in [0.2, 0.25) is 0 Å². The molecule has 2 aromatic rings. The molecule has 0 aliphatic rings. The summed E-state index contributed by atoms with van der Waals surface area (Å²) in [6.45, 7) is 0. The van der Waals surface area contributed by atoms with Crippen LogP contribution in [0.3, 0.4) is 0 Å². The number of aryl methyl sites for hydroxylation is 1. The van der Waals surface area contributed by atoms with E-state index in [1.54, 1.807) is 0 Å². The Labute approximate surface area is 110 Å². The highest BCUT2D eigenvalue weighted by Crippen LogP contribution is 2.21. The van der Waals surface area contributed by atoms with Gasteiger partial charge < -0.3 is 18.6 Å². The number of rotatable bonds is 6. The minimum atomic E-state index is -1.05. The fourth-order valence-corrected chi connectivity index (χ4v) is 2.00. The Morgan fingerprint density at radius 1 is 1.21 bits per heavy atom. The van der Waals surface area contributed by atoms with Crippen molar-refractivity contribution < 1.29 is 18.6 Å². The third-order valence-corrected chi connectivity index (χ3v) is 3.14. The van der Waals surface area contributed by atoms with Gasteiger partial charge in [0.1, 0.15) is 0 Å². The van der Waals surface area contributed by atoms with Crippen LogP contribution >= 0.6 is 0 Å². The summed E-state index contributed by atoms with van der Waals surface area (Å²) in [5.41, 5.74) is 2.23. The molecule has 0 amide bonds. The molecule has 1 aromatic carbocycles. The van der Waals surface area contributed by atoms with Gasteiger partial charge >= 0.3 is 5.76 Å². The lowest BCUT2D eigenvalue weighted by Crippen LogP contribution is -2.36. The number of ether oxygens (including phenoxy) is 3. The van der Waals surface area contributed by atoms with E-state index in [1.807, 2.05) is 18.2 Å². The minimum Gasteiger partial charge on any atom is -0.408 e. The zero-order valence-electron chi connectivity index (χ0n) is 11.2. The molecule has 0 saturated heterocycles. The zero-order valence-corrected chi connectivity index (χ0v) is 11.2. The van der Waals surface area contributed by atoms with Gasteiger partial charge in [0.25, 0.3) is 5.97 Å². The second kappa shape index (κ2) is 5.56. The molecule has 19 heavy (non-hydrogen) atoms. The number of aromatic nitrogens is 1. The standard InChI is InChI=1S/C13H17NO5/c1-16-13(17-2,18-3)7-6-9-4-5-10-11(8-9)19-12(15)14-10/h4-5,8H,6-7H2,1-3H3,(H,14,15). The SMILES string of the molecule is COC(CCc1ccc2[nH]c(=O)oc2c1)(OC)OC. The van der Waals surface area contributed by atoms with Gasteiger partial charge in [-0.1, -0.05) is 6.07 Å². The Hall–Kier alpha value is -1.63. The van der Waals surface area contributed by atoms with Gasteiger partial charge in [-0.3, -0.25) is 4.98 Å². The first-order valence-corrected chi connectivity index (χ1v) is 5.89. The Morgan fingerprint density at radius 2 is 1.89 bits per heavy atom. The van der Waals surface area contributed by atoms with E-state index < -0.39 is 11.7 Å². The van der Waals surface area contributed by atoms with Crippen LogP contribution in [0.4, 0.5) is 0 Å². The number of hydrogen-bond acceptors (Lipinski definition) is 5. The number of oxazole rings is 1. The normalized spacial score (nSPS) is 12.2. The number of hydrogen-bond donors (Lipinski definition) is 1. The van der Waals surface area contributed by atoms with Crippen LogP contribution < -0.4 is 5.76 Å². The van der Waals surface area contributed by atoms with Crippen molar-refractivity contribution in [2.45, 2.75) is 18.8 Å². The highest BCUT2D eigenvalue weighted by Gasteiger charge is 2.28. The molecule has 6 heteroatoms. The molecule has 0 spiro atoms. The van der Waals surface area contributed by atoms with E-state index in [2.05, 4.69) is 4.98 Å². The van der Waals surface area contributed by atoms with Gasteiger partial charge in [-0.25, -0.2) is 4.79 Å². The minimum absolute atomic E-state index is 0.452. The van der Waals surface area contributed by atoms with Gasteiger partial charge in [-0.2, -0.15) is 0 Å². The van der Waals surface area contributed by atoms with Crippen molar-refractivity contribution in [1.82, 2.24) is 4.98 Å². The van der Waals surface area contributed by atoms with E-state index in [1.165, 1.54) is 21.3 Å². The molecular formula is C13H17NO5. The van der Waals surface area contributed by atoms with Crippen LogP contribution in [0.15, 0.2) is 27.4 Å². The molecule has 0 bridgehead atoms. The summed E-state index contributed by atoms with van der Waals surface area (Å²) < 4.78 is 20.7. The van der Waals surface area contributed by atoms with Gasteiger partial charge in [-0.05, 0) is 24.1 Å². The van der Waals surface area contributed by atoms with Gasteiger partial charge in [0.05, 0.1) is 5.52 Å². The molecule has 1 heterocycles. The fraction of sp³-hybridized carbons (Fsp3) is 0.462. The molecule has 2 rings (SSSR count). The Bertz CT molecular complexity index is 588. The number of aromatic amines is 1. The first kappa shape index (κ1) is 13.8. The average Bonchev–Trinajstić information content (AvgIpc) is 2.80. The topological polar surface area (TPSA) is 73.7 Å². The number of benzene rings is 1. The summed E-state index contributed by atoms with van der Waals surface area (Å²) in [5, 5.41) is 0. The lowest BCUT2D eigenvalue weighted by Gasteiger charge is -2.28. The van der Waals surface area contributed by atoms with E-state index in [4.69, 9.17) is 18.6 Å². The van der Waals surface area contributed by atoms with Gasteiger partial charge in [-0.15, -0.1) is 0 Å². The summed E-state index contributed by atoms with van der Waals surface area (Å²) in [6.07, 6.45) is 1.19. The summed E-state index contributed by atoms with van der Waals surface area (Å²) in [7, 11) is 4.59. The lowest BCUT2D eigenvalue weighted by molar-refractivity contribution is -0.354. The van der Waals surface area contributed by atoms with Crippen LogP contribution in [0.25, 0.3) is 11.1 Å². The maximum atomic E-state index is 11.1. The predicted octanol–water partition coefficient (Wildman–Crippen LogP) is 1.65. The van der Waals surface area contributed by atoms with E-state index in [0.29, 0.717) is 23.9 Å². The Morgan fingerprint density at radius 3 is 2.53 bits per heavy atom. The molecular weight excluding hydrogens is 250 g/mol. The van der Waals surface area contributed by atoms with Crippen molar-refractivity contribution in [2.24, 2.45) is 0 Å². The summed E-state index contributed by atoms with van der Waals surface area (Å²) in [5.74, 6) is -1.50. The summed E-state index contributed by atoms with van der Waals surface area (Å²) >= 11 is 0. The second-order valence-corrected chi connectivity index (χ2v) is 4.14. The van der Waals surface area contributed by atoms with Crippen molar-refractivity contribution in [3.8, 4) is 0 Å². The van der Waals surface area contributed by atoms with Crippen LogP contribution in [-0.2, 0) is 20.6 Å². The van der Waals surface area contributed by atoms with E-state index in [-0.39, 0.29) is 0 Å². The number of nitrogens with one attached hydrogen (secondary N) is 1. The smallest absolute Gasteiger partial charge is 0.408 e. The fourth-order valence-electron chi connectivity index (χ4n) is 2.00. The maximum Gasteiger partial charge on any atom is 0.417 e. The molecule has 0 radical (unpaired) electrons. The molecule has 0 saturated carbocycles. The van der Waals surface area contributed by atoms with Crippen LogP contribution in [-0.4, -0.2) is 32.3 Å². The molecule has 1 N–H and O–H groups in total. The molecule has 0 aliphatic heterocycles. The molecule has 0 unspecified atom stereocenters. The first-order chi connectivity index (χ1) is 9.12. The summed E-state index contributed by atoms with van der Waals surface area (Å²) in [6, 6.07) is 5.54. The van der Waals surface area contributed by atoms with Crippen molar-refractivity contribution in [2.75, 3.05) is 21.3 Å². The number of methoxy groups -OCH3 is 3. The van der Waals surface area contributed by atoms with Gasteiger partial charge in [0, 0.05) is 27.8 Å². The average molecular weight is 267 g/mol. The Kier molecular flexibility index (Phi) is 4.04. The third kappa shape index (κ3) is 2.86. The van der Waals surface area contributed by atoms with Crippen molar-refractivity contribution in [1.29, 1.82) is 0 Å². The second-order valence-electron chi connectivity index (χ2n) is 4.14. The predicted molar refractivity (Wildman–Crippen MR) is 68.9 cm³/mol. The molecule has 0 fully saturated rings. The van der Waals surface area contributed by atoms with E-state index in [0.717, 1.165) is 5.56 Å². The van der Waals surface area contributed by atoms with E-state index >= 15 is 0 Å². The van der Waals surface area contributed by atoms with Crippen LogP contribution in [0.1, 0.15) is 12.0 Å². The van der Waals surface area contributed by atoms with Gasteiger partial charge in [0.2, 0.25) is 0 Å². The molecule has 104 valence electrons. The van der Waals surface area contributed by atoms with Crippen molar-refractivity contribution in [3.63, 3.8) is 0 Å². The molecule has 6 nitrogen and oxygen atoms in total. The first-order valence-electron chi connectivity index (χ1n) is 5.89. The number of H-pyrrole nitrogens is 1. The van der Waals surface area contributed by atoms with Crippen molar-refractivity contribution in [3.05, 3.63) is 34.3 Å². The van der Waals surface area contributed by atoms with Crippen molar-refractivity contribution >= 4 is 11.1 Å². The lowest BCUT2D eigenvalue weighted by atomic mass is 10.1. The highest BCUT2D eigenvalue weighted by molar-refractivity contribution is 5.72. The molecule has 1 aromatic heterocycles. The largest absolute Gasteiger partial charge is 0.417 e. The van der Waals surface area contributed by atoms with E-state index in [9.17, 15) is 4.79 Å². The third-order valence-electron chi connectivity index (χ3n) is 3.14. The quantitative estimate of drug-likeness (QED) is 0.805. The van der Waals surface area contributed by atoms with Crippen LogP contribution in [0, 0.1) is 0 Å². The maximum absolute atomic E-state index is 11.1. The van der Waals surface area contributed by atoms with Crippen LogP contribution in [0.5, 0.6) is 0 Å². The molecule has 0 atom stereocenters.